The Hall–Kier alpha value is -2.22. The van der Waals surface area contributed by atoms with Gasteiger partial charge in [-0.2, -0.15) is 5.26 Å². The van der Waals surface area contributed by atoms with Gasteiger partial charge >= 0.3 is 0 Å². The van der Waals surface area contributed by atoms with Gasteiger partial charge in [0.2, 0.25) is 0 Å². The Balaban J connectivity index is 2.00. The topological polar surface area (TPSA) is 33.0 Å². The van der Waals surface area contributed by atoms with Crippen molar-refractivity contribution in [2.75, 3.05) is 27.7 Å². The molecule has 0 saturated heterocycles. The number of rotatable bonds is 5. The molecular weight excluding hydrogens is 315 g/mol. The van der Waals surface area contributed by atoms with Gasteiger partial charge in [0.15, 0.2) is 0 Å². The Morgan fingerprint density at radius 1 is 1.16 bits per heavy atom. The van der Waals surface area contributed by atoms with Gasteiger partial charge in [0.25, 0.3) is 0 Å². The zero-order chi connectivity index (χ0) is 18.1. The van der Waals surface area contributed by atoms with E-state index >= 15 is 0 Å². The zero-order valence-corrected chi connectivity index (χ0v) is 15.1. The molecule has 2 aromatic carbocycles. The van der Waals surface area contributed by atoms with Crippen molar-refractivity contribution >= 4 is 0 Å². The SMILES string of the molecule is C[N+](C)(C)CCCC1(c2ccc(F)cc2)OCc2cc(C#N)ccc21. The van der Waals surface area contributed by atoms with Crippen LogP contribution in [0.1, 0.15) is 35.1 Å². The van der Waals surface area contributed by atoms with Gasteiger partial charge in [-0.1, -0.05) is 18.2 Å². The number of halogens is 1. The van der Waals surface area contributed by atoms with Crippen LogP contribution in [0.2, 0.25) is 0 Å². The molecule has 0 radical (unpaired) electrons. The first kappa shape index (κ1) is 17.6. The molecule has 130 valence electrons. The Morgan fingerprint density at radius 3 is 2.52 bits per heavy atom. The molecular formula is C21H24FN2O+. The molecule has 1 aliphatic rings. The molecule has 1 atom stereocenters. The number of ether oxygens (including phenoxy) is 1. The van der Waals surface area contributed by atoms with E-state index in [4.69, 9.17) is 10.00 Å². The lowest BCUT2D eigenvalue weighted by molar-refractivity contribution is -0.870. The zero-order valence-electron chi connectivity index (χ0n) is 15.1. The van der Waals surface area contributed by atoms with Gasteiger partial charge in [-0.25, -0.2) is 4.39 Å². The molecule has 1 heterocycles. The summed E-state index contributed by atoms with van der Waals surface area (Å²) >= 11 is 0. The summed E-state index contributed by atoms with van der Waals surface area (Å²) in [5.41, 5.74) is 3.20. The maximum atomic E-state index is 13.4. The molecule has 0 amide bonds. The van der Waals surface area contributed by atoms with Crippen LogP contribution in [0.3, 0.4) is 0 Å². The molecule has 0 bridgehead atoms. The van der Waals surface area contributed by atoms with E-state index in [0.717, 1.165) is 40.6 Å². The number of hydrogen-bond acceptors (Lipinski definition) is 2. The monoisotopic (exact) mass is 339 g/mol. The van der Waals surface area contributed by atoms with Crippen LogP contribution in [0, 0.1) is 17.1 Å². The third-order valence-electron chi connectivity index (χ3n) is 4.81. The fraction of sp³-hybridized carbons (Fsp3) is 0.381. The third-order valence-corrected chi connectivity index (χ3v) is 4.81. The standard InChI is InChI=1S/C21H24FN2O/c1-24(2,3)12-4-11-21(18-6-8-19(22)9-7-18)20-10-5-16(14-23)13-17(20)15-25-21/h5-10,13H,4,11-12,15H2,1-3H3/q+1. The Labute approximate surface area is 148 Å². The first-order valence-corrected chi connectivity index (χ1v) is 8.58. The summed E-state index contributed by atoms with van der Waals surface area (Å²) in [5.74, 6) is -0.247. The summed E-state index contributed by atoms with van der Waals surface area (Å²) in [6, 6.07) is 14.5. The first-order chi connectivity index (χ1) is 11.8. The van der Waals surface area contributed by atoms with Gasteiger partial charge < -0.3 is 9.22 Å². The van der Waals surface area contributed by atoms with Gasteiger partial charge in [-0.3, -0.25) is 0 Å². The molecule has 0 N–H and O–H groups in total. The minimum absolute atomic E-state index is 0.247. The van der Waals surface area contributed by atoms with Crippen molar-refractivity contribution in [3.8, 4) is 6.07 Å². The van der Waals surface area contributed by atoms with Crippen molar-refractivity contribution in [3.05, 3.63) is 70.5 Å². The molecule has 2 aromatic rings. The van der Waals surface area contributed by atoms with Crippen LogP contribution in [0.5, 0.6) is 0 Å². The van der Waals surface area contributed by atoms with Crippen LogP contribution in [-0.2, 0) is 16.9 Å². The number of fused-ring (bicyclic) bond motifs is 1. The minimum atomic E-state index is -0.563. The van der Waals surface area contributed by atoms with E-state index in [1.165, 1.54) is 12.1 Å². The second kappa shape index (κ2) is 6.59. The van der Waals surface area contributed by atoms with E-state index in [1.54, 1.807) is 0 Å². The van der Waals surface area contributed by atoms with Gasteiger partial charge in [-0.15, -0.1) is 0 Å². The van der Waals surface area contributed by atoms with E-state index in [-0.39, 0.29) is 5.82 Å². The Morgan fingerprint density at radius 2 is 1.88 bits per heavy atom. The smallest absolute Gasteiger partial charge is 0.123 e. The number of benzene rings is 2. The third kappa shape index (κ3) is 3.58. The molecule has 0 aliphatic carbocycles. The molecule has 3 nitrogen and oxygen atoms in total. The molecule has 0 aromatic heterocycles. The lowest BCUT2D eigenvalue weighted by Gasteiger charge is -2.32. The molecule has 0 spiro atoms. The summed E-state index contributed by atoms with van der Waals surface area (Å²) in [5, 5.41) is 9.14. The van der Waals surface area contributed by atoms with Gasteiger partial charge in [0.05, 0.1) is 45.9 Å². The minimum Gasteiger partial charge on any atom is -0.361 e. The maximum absolute atomic E-state index is 13.4. The summed E-state index contributed by atoms with van der Waals surface area (Å²) in [6.07, 6.45) is 1.81. The summed E-state index contributed by atoms with van der Waals surface area (Å²) in [6.45, 7) is 1.50. The first-order valence-electron chi connectivity index (χ1n) is 8.58. The van der Waals surface area contributed by atoms with Gasteiger partial charge in [-0.05, 0) is 53.8 Å². The van der Waals surface area contributed by atoms with E-state index in [2.05, 4.69) is 27.2 Å². The highest BCUT2D eigenvalue weighted by molar-refractivity contribution is 5.47. The molecule has 0 saturated carbocycles. The summed E-state index contributed by atoms with van der Waals surface area (Å²) in [4.78, 5) is 0. The molecule has 3 rings (SSSR count). The Kier molecular flexibility index (Phi) is 4.64. The largest absolute Gasteiger partial charge is 0.361 e. The lowest BCUT2D eigenvalue weighted by Crippen LogP contribution is -2.37. The number of nitriles is 1. The second-order valence-electron chi connectivity index (χ2n) is 7.72. The van der Waals surface area contributed by atoms with E-state index in [0.29, 0.717) is 12.2 Å². The summed E-state index contributed by atoms with van der Waals surface area (Å²) < 4.78 is 20.6. The highest BCUT2D eigenvalue weighted by atomic mass is 19.1. The quantitative estimate of drug-likeness (QED) is 0.773. The van der Waals surface area contributed by atoms with Gasteiger partial charge in [0, 0.05) is 0 Å². The highest BCUT2D eigenvalue weighted by Crippen LogP contribution is 2.45. The fourth-order valence-electron chi connectivity index (χ4n) is 3.57. The van der Waals surface area contributed by atoms with Crippen LogP contribution >= 0.6 is 0 Å². The molecule has 0 fully saturated rings. The number of quaternary nitrogens is 1. The van der Waals surface area contributed by atoms with Gasteiger partial charge in [0.1, 0.15) is 11.4 Å². The second-order valence-corrected chi connectivity index (χ2v) is 7.72. The maximum Gasteiger partial charge on any atom is 0.123 e. The van der Waals surface area contributed by atoms with Crippen molar-refractivity contribution in [2.24, 2.45) is 0 Å². The average Bonchev–Trinajstić information content (AvgIpc) is 2.93. The number of hydrogen-bond donors (Lipinski definition) is 0. The highest BCUT2D eigenvalue weighted by Gasteiger charge is 2.41. The van der Waals surface area contributed by atoms with Crippen molar-refractivity contribution in [2.45, 2.75) is 25.0 Å². The van der Waals surface area contributed by atoms with Crippen LogP contribution in [-0.4, -0.2) is 32.2 Å². The van der Waals surface area contributed by atoms with Crippen LogP contribution in [0.15, 0.2) is 42.5 Å². The van der Waals surface area contributed by atoms with Crippen LogP contribution in [0.25, 0.3) is 0 Å². The van der Waals surface area contributed by atoms with Crippen LogP contribution in [0.4, 0.5) is 4.39 Å². The molecule has 1 aliphatic heterocycles. The van der Waals surface area contributed by atoms with E-state index in [1.807, 2.05) is 30.3 Å². The number of nitrogens with zero attached hydrogens (tertiary/aromatic N) is 2. The summed E-state index contributed by atoms with van der Waals surface area (Å²) in [7, 11) is 6.52. The fourth-order valence-corrected chi connectivity index (χ4v) is 3.57. The van der Waals surface area contributed by atoms with Crippen molar-refractivity contribution in [3.63, 3.8) is 0 Å². The average molecular weight is 339 g/mol. The van der Waals surface area contributed by atoms with E-state index < -0.39 is 5.60 Å². The lowest BCUT2D eigenvalue weighted by atomic mass is 9.81. The van der Waals surface area contributed by atoms with E-state index in [9.17, 15) is 4.39 Å². The molecule has 25 heavy (non-hydrogen) atoms. The molecule has 1 unspecified atom stereocenters. The predicted molar refractivity (Wildman–Crippen MR) is 95.3 cm³/mol. The Bertz CT molecular complexity index is 802. The van der Waals surface area contributed by atoms with Crippen molar-refractivity contribution < 1.29 is 13.6 Å². The predicted octanol–water partition coefficient (Wildman–Crippen LogP) is 3.96. The van der Waals surface area contributed by atoms with Crippen molar-refractivity contribution in [1.29, 1.82) is 5.26 Å². The van der Waals surface area contributed by atoms with Crippen LogP contribution < -0.4 is 0 Å². The van der Waals surface area contributed by atoms with Crippen molar-refractivity contribution in [1.82, 2.24) is 0 Å². The molecule has 4 heteroatoms. The normalized spacial score (nSPS) is 19.5.